The number of nitrogens with one attached hydrogen (secondary N) is 1. The van der Waals surface area contributed by atoms with E-state index in [0.29, 0.717) is 11.3 Å². The molecular formula is C22H23NO3S. The van der Waals surface area contributed by atoms with E-state index in [4.69, 9.17) is 4.74 Å². The maximum absolute atomic E-state index is 13.2. The molecule has 27 heavy (non-hydrogen) atoms. The van der Waals surface area contributed by atoms with Gasteiger partial charge in [-0.25, -0.2) is 8.42 Å². The van der Waals surface area contributed by atoms with Crippen molar-refractivity contribution in [3.63, 3.8) is 0 Å². The molecule has 0 bridgehead atoms. The van der Waals surface area contributed by atoms with Gasteiger partial charge in [-0.3, -0.25) is 0 Å². The summed E-state index contributed by atoms with van der Waals surface area (Å²) < 4.78 is 34.6. The van der Waals surface area contributed by atoms with Crippen LogP contribution >= 0.6 is 0 Å². The van der Waals surface area contributed by atoms with Crippen LogP contribution < -0.4 is 9.46 Å². The Hall–Kier alpha value is -2.63. The van der Waals surface area contributed by atoms with E-state index in [1.165, 1.54) is 0 Å². The van der Waals surface area contributed by atoms with Gasteiger partial charge in [0, 0.05) is 0 Å². The molecule has 3 rings (SSSR count). The van der Waals surface area contributed by atoms with E-state index in [0.717, 1.165) is 16.7 Å². The standard InChI is InChI=1S/C22H23NO3S/c1-16-15-21(17(2)14-20(16)26-3)27(24,25)23-22(18-10-6-4-7-11-18)19-12-8-5-9-13-19/h4-15,22-23H,1-3H3. The minimum absolute atomic E-state index is 0.262. The highest BCUT2D eigenvalue weighted by molar-refractivity contribution is 7.89. The predicted molar refractivity (Wildman–Crippen MR) is 108 cm³/mol. The van der Waals surface area contributed by atoms with Crippen LogP contribution in [0.15, 0.2) is 77.7 Å². The molecule has 0 saturated heterocycles. The second-order valence-corrected chi connectivity index (χ2v) is 8.15. The van der Waals surface area contributed by atoms with Gasteiger partial charge >= 0.3 is 0 Å². The summed E-state index contributed by atoms with van der Waals surface area (Å²) in [5.74, 6) is 0.675. The van der Waals surface area contributed by atoms with Gasteiger partial charge in [0.2, 0.25) is 10.0 Å². The molecule has 0 heterocycles. The van der Waals surface area contributed by atoms with E-state index >= 15 is 0 Å². The summed E-state index contributed by atoms with van der Waals surface area (Å²) in [5, 5.41) is 0. The molecule has 0 unspecified atom stereocenters. The van der Waals surface area contributed by atoms with Gasteiger partial charge < -0.3 is 4.74 Å². The molecule has 0 aliphatic rings. The molecule has 3 aromatic carbocycles. The summed E-state index contributed by atoms with van der Waals surface area (Å²) in [4.78, 5) is 0.262. The Bertz CT molecular complexity index is 977. The second kappa shape index (κ2) is 7.94. The Morgan fingerprint density at radius 1 is 0.815 bits per heavy atom. The second-order valence-electron chi connectivity index (χ2n) is 6.46. The van der Waals surface area contributed by atoms with Crippen molar-refractivity contribution in [2.24, 2.45) is 0 Å². The van der Waals surface area contributed by atoms with Gasteiger partial charge in [0.05, 0.1) is 18.0 Å². The van der Waals surface area contributed by atoms with Crippen LogP contribution in [0.2, 0.25) is 0 Å². The quantitative estimate of drug-likeness (QED) is 0.689. The van der Waals surface area contributed by atoms with Gasteiger partial charge in [-0.1, -0.05) is 60.7 Å². The Kier molecular flexibility index (Phi) is 5.63. The van der Waals surface area contributed by atoms with Crippen LogP contribution in [0.5, 0.6) is 5.75 Å². The Balaban J connectivity index is 2.05. The maximum Gasteiger partial charge on any atom is 0.241 e. The van der Waals surface area contributed by atoms with Crippen LogP contribution in [0.4, 0.5) is 0 Å². The summed E-state index contributed by atoms with van der Waals surface area (Å²) in [7, 11) is -2.16. The highest BCUT2D eigenvalue weighted by atomic mass is 32.2. The first kappa shape index (κ1) is 19.1. The lowest BCUT2D eigenvalue weighted by Crippen LogP contribution is -2.30. The van der Waals surface area contributed by atoms with Gasteiger partial charge in [0.25, 0.3) is 0 Å². The third-order valence-electron chi connectivity index (χ3n) is 4.52. The topological polar surface area (TPSA) is 55.4 Å². The van der Waals surface area contributed by atoms with E-state index < -0.39 is 16.1 Å². The summed E-state index contributed by atoms with van der Waals surface area (Å²) in [6, 6.07) is 22.1. The zero-order valence-corrected chi connectivity index (χ0v) is 16.5. The molecule has 0 amide bonds. The van der Waals surface area contributed by atoms with Crippen LogP contribution in [0.25, 0.3) is 0 Å². The van der Waals surface area contributed by atoms with Gasteiger partial charge in [0.15, 0.2) is 0 Å². The van der Waals surface area contributed by atoms with E-state index in [1.807, 2.05) is 67.6 Å². The number of hydrogen-bond donors (Lipinski definition) is 1. The Morgan fingerprint density at radius 2 is 1.33 bits per heavy atom. The smallest absolute Gasteiger partial charge is 0.241 e. The van der Waals surface area contributed by atoms with Crippen molar-refractivity contribution in [2.75, 3.05) is 7.11 Å². The average molecular weight is 381 g/mol. The predicted octanol–water partition coefficient (Wildman–Crippen LogP) is 4.38. The van der Waals surface area contributed by atoms with Gasteiger partial charge in [-0.05, 0) is 48.2 Å². The number of hydrogen-bond acceptors (Lipinski definition) is 3. The number of sulfonamides is 1. The van der Waals surface area contributed by atoms with Crippen molar-refractivity contribution in [1.82, 2.24) is 4.72 Å². The van der Waals surface area contributed by atoms with Crippen molar-refractivity contribution in [3.05, 3.63) is 95.1 Å². The van der Waals surface area contributed by atoms with E-state index in [1.54, 1.807) is 26.2 Å². The van der Waals surface area contributed by atoms with E-state index in [9.17, 15) is 8.42 Å². The zero-order valence-electron chi connectivity index (χ0n) is 15.6. The number of benzene rings is 3. The SMILES string of the molecule is COc1cc(C)c(S(=O)(=O)NC(c2ccccc2)c2ccccc2)cc1C. The number of rotatable bonds is 6. The maximum atomic E-state index is 13.2. The van der Waals surface area contributed by atoms with Crippen molar-refractivity contribution < 1.29 is 13.2 Å². The lowest BCUT2D eigenvalue weighted by molar-refractivity contribution is 0.411. The van der Waals surface area contributed by atoms with Gasteiger partial charge in [-0.15, -0.1) is 0 Å². The molecule has 0 aliphatic carbocycles. The number of methoxy groups -OCH3 is 1. The van der Waals surface area contributed by atoms with Crippen molar-refractivity contribution >= 4 is 10.0 Å². The summed E-state index contributed by atoms with van der Waals surface area (Å²) in [6.45, 7) is 3.61. The molecule has 0 atom stereocenters. The van der Waals surface area contributed by atoms with Crippen LogP contribution in [0.1, 0.15) is 28.3 Å². The fourth-order valence-electron chi connectivity index (χ4n) is 3.11. The average Bonchev–Trinajstić information content (AvgIpc) is 2.69. The molecule has 0 radical (unpaired) electrons. The Labute approximate surface area is 160 Å². The van der Waals surface area contributed by atoms with Crippen LogP contribution in [-0.2, 0) is 10.0 Å². The van der Waals surface area contributed by atoms with Gasteiger partial charge in [-0.2, -0.15) is 4.72 Å². The lowest BCUT2D eigenvalue weighted by atomic mass is 10.00. The largest absolute Gasteiger partial charge is 0.496 e. The molecule has 140 valence electrons. The monoisotopic (exact) mass is 381 g/mol. The van der Waals surface area contributed by atoms with Crippen molar-refractivity contribution in [2.45, 2.75) is 24.8 Å². The van der Waals surface area contributed by atoms with Crippen LogP contribution in [0.3, 0.4) is 0 Å². The highest BCUT2D eigenvalue weighted by Gasteiger charge is 2.25. The first-order valence-corrected chi connectivity index (χ1v) is 10.2. The first-order valence-electron chi connectivity index (χ1n) is 8.70. The minimum Gasteiger partial charge on any atom is -0.496 e. The van der Waals surface area contributed by atoms with Gasteiger partial charge in [0.1, 0.15) is 5.75 Å². The van der Waals surface area contributed by atoms with E-state index in [2.05, 4.69) is 4.72 Å². The highest BCUT2D eigenvalue weighted by Crippen LogP contribution is 2.29. The first-order chi connectivity index (χ1) is 12.9. The van der Waals surface area contributed by atoms with Crippen molar-refractivity contribution in [1.29, 1.82) is 0 Å². The number of aryl methyl sites for hydroxylation is 2. The third kappa shape index (κ3) is 4.21. The minimum atomic E-state index is -3.74. The molecule has 0 aliphatic heterocycles. The molecule has 0 saturated carbocycles. The third-order valence-corrected chi connectivity index (χ3v) is 6.09. The lowest BCUT2D eigenvalue weighted by Gasteiger charge is -2.21. The fraction of sp³-hybridized carbons (Fsp3) is 0.182. The molecule has 3 aromatic rings. The zero-order chi connectivity index (χ0) is 19.4. The normalized spacial score (nSPS) is 11.6. The van der Waals surface area contributed by atoms with Crippen LogP contribution in [0, 0.1) is 13.8 Å². The molecule has 4 nitrogen and oxygen atoms in total. The summed E-state index contributed by atoms with van der Waals surface area (Å²) >= 11 is 0. The fourth-order valence-corrected chi connectivity index (χ4v) is 4.63. The number of ether oxygens (including phenoxy) is 1. The molecule has 0 spiro atoms. The summed E-state index contributed by atoms with van der Waals surface area (Å²) in [5.41, 5.74) is 3.19. The molecule has 0 fully saturated rings. The van der Waals surface area contributed by atoms with E-state index in [-0.39, 0.29) is 4.90 Å². The molecule has 5 heteroatoms. The Morgan fingerprint density at radius 3 is 1.81 bits per heavy atom. The summed E-state index contributed by atoms with van der Waals surface area (Å²) in [6.07, 6.45) is 0. The molecule has 1 N–H and O–H groups in total. The molecule has 0 aromatic heterocycles. The molecular weight excluding hydrogens is 358 g/mol. The van der Waals surface area contributed by atoms with Crippen molar-refractivity contribution in [3.8, 4) is 5.75 Å². The van der Waals surface area contributed by atoms with Crippen LogP contribution in [-0.4, -0.2) is 15.5 Å².